The molecule has 3 heteroatoms. The topological polar surface area (TPSA) is 12.5 Å². The van der Waals surface area contributed by atoms with Crippen molar-refractivity contribution in [3.05, 3.63) is 12.7 Å². The summed E-state index contributed by atoms with van der Waals surface area (Å²) in [7, 11) is 0. The standard InChI is InChI=1S/C7H10Cl2O/c1-3-5-7(10-5)6(9)4(2)8/h3-7H,1H2,2H3/t4-,5+,6-,7+/m1/s1. The fraction of sp³-hybridized carbons (Fsp3) is 0.714. The third-order valence-electron chi connectivity index (χ3n) is 1.55. The zero-order valence-corrected chi connectivity index (χ0v) is 7.27. The van der Waals surface area contributed by atoms with Crippen LogP contribution in [0.15, 0.2) is 12.7 Å². The number of epoxide rings is 1. The Labute approximate surface area is 71.0 Å². The molecule has 0 amide bonds. The fourth-order valence-corrected chi connectivity index (χ4v) is 1.19. The number of ether oxygens (including phenoxy) is 1. The molecule has 10 heavy (non-hydrogen) atoms. The average molecular weight is 181 g/mol. The minimum Gasteiger partial charge on any atom is -0.364 e. The molecule has 1 fully saturated rings. The van der Waals surface area contributed by atoms with Crippen LogP contribution in [0.1, 0.15) is 6.92 Å². The summed E-state index contributed by atoms with van der Waals surface area (Å²) in [5, 5.41) is -0.138. The summed E-state index contributed by atoms with van der Waals surface area (Å²) in [5.74, 6) is 0. The SMILES string of the molecule is C=C[C@@H]1O[C@@H]1[C@H](Cl)[C@@H](C)Cl. The van der Waals surface area contributed by atoms with Gasteiger partial charge in [0, 0.05) is 5.38 Å². The Hall–Kier alpha value is 0.280. The van der Waals surface area contributed by atoms with Crippen molar-refractivity contribution >= 4 is 23.2 Å². The summed E-state index contributed by atoms with van der Waals surface area (Å²) < 4.78 is 5.15. The summed E-state index contributed by atoms with van der Waals surface area (Å²) in [6, 6.07) is 0. The lowest BCUT2D eigenvalue weighted by molar-refractivity contribution is 0.381. The highest BCUT2D eigenvalue weighted by Crippen LogP contribution is 2.32. The molecule has 4 atom stereocenters. The molecule has 58 valence electrons. The molecule has 1 heterocycles. The molecule has 0 saturated carbocycles. The number of rotatable bonds is 3. The monoisotopic (exact) mass is 180 g/mol. The predicted molar refractivity (Wildman–Crippen MR) is 43.8 cm³/mol. The molecule has 0 unspecified atom stereocenters. The van der Waals surface area contributed by atoms with E-state index in [0.29, 0.717) is 0 Å². The van der Waals surface area contributed by atoms with E-state index in [-0.39, 0.29) is 23.0 Å². The maximum absolute atomic E-state index is 5.88. The molecule has 0 aromatic rings. The van der Waals surface area contributed by atoms with Gasteiger partial charge in [-0.15, -0.1) is 29.8 Å². The Morgan fingerprint density at radius 2 is 2.20 bits per heavy atom. The van der Waals surface area contributed by atoms with Crippen molar-refractivity contribution in [2.24, 2.45) is 0 Å². The second kappa shape index (κ2) is 3.12. The molecular weight excluding hydrogens is 171 g/mol. The van der Waals surface area contributed by atoms with Crippen molar-refractivity contribution in [2.45, 2.75) is 29.9 Å². The first-order chi connectivity index (χ1) is 4.66. The number of alkyl halides is 2. The molecule has 0 spiro atoms. The van der Waals surface area contributed by atoms with E-state index in [0.717, 1.165) is 0 Å². The van der Waals surface area contributed by atoms with E-state index < -0.39 is 0 Å². The van der Waals surface area contributed by atoms with Crippen LogP contribution >= 0.6 is 23.2 Å². The van der Waals surface area contributed by atoms with Gasteiger partial charge in [-0.25, -0.2) is 0 Å². The molecule has 0 N–H and O–H groups in total. The van der Waals surface area contributed by atoms with Crippen molar-refractivity contribution in [3.8, 4) is 0 Å². The number of halogens is 2. The highest BCUT2D eigenvalue weighted by Gasteiger charge is 2.43. The van der Waals surface area contributed by atoms with E-state index in [1.165, 1.54) is 0 Å². The van der Waals surface area contributed by atoms with E-state index in [1.54, 1.807) is 6.08 Å². The van der Waals surface area contributed by atoms with E-state index in [1.807, 2.05) is 6.92 Å². The zero-order valence-electron chi connectivity index (χ0n) is 5.76. The minimum absolute atomic E-state index is 0.0448. The Morgan fingerprint density at radius 1 is 1.60 bits per heavy atom. The van der Waals surface area contributed by atoms with Crippen LogP contribution in [0.3, 0.4) is 0 Å². The Bertz CT molecular complexity index is 136. The van der Waals surface area contributed by atoms with Crippen LogP contribution in [0.25, 0.3) is 0 Å². The quantitative estimate of drug-likeness (QED) is 0.369. The second-order valence-electron chi connectivity index (χ2n) is 2.42. The lowest BCUT2D eigenvalue weighted by atomic mass is 10.2. The van der Waals surface area contributed by atoms with Crippen LogP contribution < -0.4 is 0 Å². The first kappa shape index (κ1) is 8.38. The van der Waals surface area contributed by atoms with Crippen LogP contribution in [0.5, 0.6) is 0 Å². The summed E-state index contributed by atoms with van der Waals surface area (Å²) in [5.41, 5.74) is 0. The first-order valence-corrected chi connectivity index (χ1v) is 4.10. The van der Waals surface area contributed by atoms with Crippen molar-refractivity contribution < 1.29 is 4.74 Å². The van der Waals surface area contributed by atoms with E-state index in [9.17, 15) is 0 Å². The number of hydrogen-bond donors (Lipinski definition) is 0. The molecule has 0 aliphatic carbocycles. The second-order valence-corrected chi connectivity index (χ2v) is 3.62. The van der Waals surface area contributed by atoms with Gasteiger partial charge >= 0.3 is 0 Å². The highest BCUT2D eigenvalue weighted by atomic mass is 35.5. The van der Waals surface area contributed by atoms with Gasteiger partial charge in [0.2, 0.25) is 0 Å². The fourth-order valence-electron chi connectivity index (χ4n) is 0.843. The molecule has 0 radical (unpaired) electrons. The summed E-state index contributed by atoms with van der Waals surface area (Å²) in [6.07, 6.45) is 1.97. The lowest BCUT2D eigenvalue weighted by Crippen LogP contribution is -2.19. The highest BCUT2D eigenvalue weighted by molar-refractivity contribution is 6.30. The maximum Gasteiger partial charge on any atom is 0.106 e. The van der Waals surface area contributed by atoms with E-state index in [2.05, 4.69) is 6.58 Å². The van der Waals surface area contributed by atoms with Gasteiger partial charge in [0.05, 0.1) is 5.38 Å². The largest absolute Gasteiger partial charge is 0.364 e. The van der Waals surface area contributed by atoms with Gasteiger partial charge in [0.1, 0.15) is 12.2 Å². The minimum atomic E-state index is -0.0929. The van der Waals surface area contributed by atoms with Crippen LogP contribution in [-0.4, -0.2) is 23.0 Å². The molecule has 1 aliphatic rings. The van der Waals surface area contributed by atoms with Gasteiger partial charge in [-0.2, -0.15) is 0 Å². The van der Waals surface area contributed by atoms with Crippen LogP contribution in [0.2, 0.25) is 0 Å². The average Bonchev–Trinajstić information content (AvgIpc) is 2.64. The van der Waals surface area contributed by atoms with Gasteiger partial charge < -0.3 is 4.74 Å². The lowest BCUT2D eigenvalue weighted by Gasteiger charge is -2.06. The molecular formula is C7H10Cl2O. The number of hydrogen-bond acceptors (Lipinski definition) is 1. The van der Waals surface area contributed by atoms with Gasteiger partial charge in [-0.1, -0.05) is 6.08 Å². The van der Waals surface area contributed by atoms with Crippen LogP contribution in [-0.2, 0) is 4.74 Å². The van der Waals surface area contributed by atoms with Crippen molar-refractivity contribution in [2.75, 3.05) is 0 Å². The van der Waals surface area contributed by atoms with Crippen molar-refractivity contribution in [1.82, 2.24) is 0 Å². The molecule has 1 saturated heterocycles. The Balaban J connectivity index is 2.32. The Kier molecular flexibility index (Phi) is 2.61. The van der Waals surface area contributed by atoms with Crippen LogP contribution in [0.4, 0.5) is 0 Å². The Morgan fingerprint density at radius 3 is 2.50 bits per heavy atom. The zero-order chi connectivity index (χ0) is 7.72. The van der Waals surface area contributed by atoms with Gasteiger partial charge in [0.15, 0.2) is 0 Å². The van der Waals surface area contributed by atoms with Crippen molar-refractivity contribution in [1.29, 1.82) is 0 Å². The predicted octanol–water partition coefficient (Wildman–Crippen LogP) is 2.17. The van der Waals surface area contributed by atoms with Crippen LogP contribution in [0, 0.1) is 0 Å². The molecule has 0 aromatic carbocycles. The molecule has 1 rings (SSSR count). The summed E-state index contributed by atoms with van der Waals surface area (Å²) >= 11 is 11.6. The molecule has 0 bridgehead atoms. The smallest absolute Gasteiger partial charge is 0.106 e. The molecule has 0 aromatic heterocycles. The first-order valence-electron chi connectivity index (χ1n) is 3.23. The maximum atomic E-state index is 5.88. The third kappa shape index (κ3) is 1.66. The normalized spacial score (nSPS) is 36.7. The van der Waals surface area contributed by atoms with E-state index in [4.69, 9.17) is 27.9 Å². The van der Waals surface area contributed by atoms with E-state index >= 15 is 0 Å². The molecule has 1 aliphatic heterocycles. The van der Waals surface area contributed by atoms with Gasteiger partial charge in [-0.05, 0) is 6.92 Å². The third-order valence-corrected chi connectivity index (χ3v) is 2.57. The van der Waals surface area contributed by atoms with Gasteiger partial charge in [0.25, 0.3) is 0 Å². The van der Waals surface area contributed by atoms with Gasteiger partial charge in [-0.3, -0.25) is 0 Å². The molecule has 1 nitrogen and oxygen atoms in total. The summed E-state index contributed by atoms with van der Waals surface area (Å²) in [4.78, 5) is 0. The summed E-state index contributed by atoms with van der Waals surface area (Å²) in [6.45, 7) is 5.45. The van der Waals surface area contributed by atoms with Crippen molar-refractivity contribution in [3.63, 3.8) is 0 Å².